The number of nitrogens with one attached hydrogen (secondary N) is 1. The molecule has 0 aliphatic rings. The molecule has 36 heavy (non-hydrogen) atoms. The van der Waals surface area contributed by atoms with Crippen LogP contribution in [0.5, 0.6) is 0 Å². The van der Waals surface area contributed by atoms with Crippen molar-refractivity contribution in [3.05, 3.63) is 126 Å². The number of carbonyl (C=O) groups is 1. The molecule has 182 valence electrons. The van der Waals surface area contributed by atoms with E-state index in [9.17, 15) is 4.79 Å². The molecule has 1 amide bonds. The van der Waals surface area contributed by atoms with Crippen molar-refractivity contribution in [1.29, 1.82) is 0 Å². The first-order valence-corrected chi connectivity index (χ1v) is 14.5. The Bertz CT molecular complexity index is 1190. The number of amides is 1. The van der Waals surface area contributed by atoms with Crippen LogP contribution in [0.15, 0.2) is 120 Å². The summed E-state index contributed by atoms with van der Waals surface area (Å²) in [6, 6.07) is 39.7. The topological polar surface area (TPSA) is 77.9 Å². The van der Waals surface area contributed by atoms with Crippen molar-refractivity contribution in [2.24, 2.45) is 5.11 Å². The molecule has 0 aliphatic heterocycles. The maximum absolute atomic E-state index is 12.5. The first-order chi connectivity index (χ1) is 17.7. The van der Waals surface area contributed by atoms with Crippen LogP contribution in [0.4, 0.5) is 11.4 Å². The molecular weight excluding hydrogens is 463 g/mol. The normalized spacial score (nSPS) is 11.3. The van der Waals surface area contributed by atoms with Gasteiger partial charge >= 0.3 is 203 Å². The van der Waals surface area contributed by atoms with E-state index in [1.54, 1.807) is 24.3 Å². The van der Waals surface area contributed by atoms with E-state index in [-0.39, 0.29) is 5.91 Å². The van der Waals surface area contributed by atoms with Crippen LogP contribution in [0.2, 0.25) is 0 Å². The number of hydrogen-bond acceptors (Lipinski definition) is 2. The van der Waals surface area contributed by atoms with E-state index in [2.05, 4.69) is 106 Å². The van der Waals surface area contributed by atoms with Gasteiger partial charge in [-0.2, -0.15) is 0 Å². The SMILES string of the molecule is [N-]=[N+]=Nc1ccc(NC(=O)CCCCC[PH](c2ccccc2)(c2ccccc2)c2ccccc2)cc1. The summed E-state index contributed by atoms with van der Waals surface area (Å²) in [6.45, 7) is 0. The van der Waals surface area contributed by atoms with E-state index in [1.165, 1.54) is 15.9 Å². The molecule has 0 radical (unpaired) electrons. The average molecular weight is 495 g/mol. The average Bonchev–Trinajstić information content (AvgIpc) is 2.93. The van der Waals surface area contributed by atoms with Crippen molar-refractivity contribution in [3.63, 3.8) is 0 Å². The van der Waals surface area contributed by atoms with Gasteiger partial charge in [0.05, 0.1) is 0 Å². The molecule has 0 aromatic heterocycles. The van der Waals surface area contributed by atoms with E-state index < -0.39 is 7.26 Å². The van der Waals surface area contributed by atoms with Crippen LogP contribution in [0, 0.1) is 0 Å². The molecule has 0 bridgehead atoms. The molecule has 0 heterocycles. The van der Waals surface area contributed by atoms with E-state index in [0.717, 1.165) is 25.4 Å². The minimum absolute atomic E-state index is 0.00391. The summed E-state index contributed by atoms with van der Waals surface area (Å²) in [5.74, 6) is 0.00391. The van der Waals surface area contributed by atoms with Gasteiger partial charge in [-0.1, -0.05) is 0 Å². The fourth-order valence-electron chi connectivity index (χ4n) is 4.84. The summed E-state index contributed by atoms with van der Waals surface area (Å²) >= 11 is 0. The van der Waals surface area contributed by atoms with Crippen molar-refractivity contribution in [2.45, 2.75) is 25.7 Å². The molecule has 0 unspecified atom stereocenters. The third kappa shape index (κ3) is 6.20. The van der Waals surface area contributed by atoms with Gasteiger partial charge in [0, 0.05) is 4.91 Å². The predicted molar refractivity (Wildman–Crippen MR) is 154 cm³/mol. The number of carbonyl (C=O) groups excluding carboxylic acids is 1. The first kappa shape index (κ1) is 25.2. The van der Waals surface area contributed by atoms with Gasteiger partial charge in [0.15, 0.2) is 0 Å². The third-order valence-electron chi connectivity index (χ3n) is 6.57. The summed E-state index contributed by atoms with van der Waals surface area (Å²) < 4.78 is 0. The van der Waals surface area contributed by atoms with Crippen molar-refractivity contribution < 1.29 is 4.79 Å². The van der Waals surface area contributed by atoms with Crippen molar-refractivity contribution >= 4 is 40.5 Å². The molecule has 4 aromatic carbocycles. The Kier molecular flexibility index (Phi) is 8.88. The maximum atomic E-state index is 12.5. The second-order valence-corrected chi connectivity index (χ2v) is 12.9. The van der Waals surface area contributed by atoms with Gasteiger partial charge in [-0.3, -0.25) is 0 Å². The van der Waals surface area contributed by atoms with Crippen LogP contribution in [0.25, 0.3) is 10.4 Å². The molecule has 6 heteroatoms. The van der Waals surface area contributed by atoms with Gasteiger partial charge in [0.2, 0.25) is 0 Å². The number of benzene rings is 4. The standard InChI is InChI=1S/C30H31N4OP/c31-34-33-26-22-20-25(21-23-26)32-30(35)19-11-4-12-24-36(27-13-5-1-6-14-27,28-15-7-2-8-16-28)29-17-9-3-10-18-29/h1-3,5-10,13-18,20-23,36H,4,11-12,19,24H2,(H,32,35). The summed E-state index contributed by atoms with van der Waals surface area (Å²) in [4.78, 5) is 15.2. The van der Waals surface area contributed by atoms with Crippen LogP contribution in [0.1, 0.15) is 25.7 Å². The zero-order chi connectivity index (χ0) is 25.1. The predicted octanol–water partition coefficient (Wildman–Crippen LogP) is 6.85. The Morgan fingerprint density at radius 1 is 0.694 bits per heavy atom. The van der Waals surface area contributed by atoms with E-state index >= 15 is 0 Å². The van der Waals surface area contributed by atoms with Crippen LogP contribution >= 0.6 is 7.26 Å². The van der Waals surface area contributed by atoms with Gasteiger partial charge in [-0.15, -0.1) is 0 Å². The number of hydrogen-bond donors (Lipinski definition) is 1. The fraction of sp³-hybridized carbons (Fsp3) is 0.167. The monoisotopic (exact) mass is 494 g/mol. The van der Waals surface area contributed by atoms with E-state index in [1.807, 2.05) is 0 Å². The zero-order valence-electron chi connectivity index (χ0n) is 20.3. The number of unbranched alkanes of at least 4 members (excludes halogenated alkanes) is 2. The molecule has 0 fully saturated rings. The van der Waals surface area contributed by atoms with Crippen molar-refractivity contribution in [1.82, 2.24) is 0 Å². The van der Waals surface area contributed by atoms with Crippen LogP contribution in [0.3, 0.4) is 0 Å². The molecule has 4 rings (SSSR count). The molecule has 1 N–H and O–H groups in total. The molecule has 0 saturated carbocycles. The Labute approximate surface area is 213 Å². The molecule has 0 aliphatic carbocycles. The summed E-state index contributed by atoms with van der Waals surface area (Å²) in [5.41, 5.74) is 9.75. The minimum atomic E-state index is -2.21. The van der Waals surface area contributed by atoms with Crippen LogP contribution in [-0.4, -0.2) is 12.1 Å². The molecule has 5 nitrogen and oxygen atoms in total. The van der Waals surface area contributed by atoms with Gasteiger partial charge in [0.25, 0.3) is 0 Å². The summed E-state index contributed by atoms with van der Waals surface area (Å²) in [5, 5.41) is 10.7. The van der Waals surface area contributed by atoms with Crippen molar-refractivity contribution in [3.8, 4) is 0 Å². The number of nitrogens with zero attached hydrogens (tertiary/aromatic N) is 3. The molecule has 0 spiro atoms. The van der Waals surface area contributed by atoms with Crippen LogP contribution in [-0.2, 0) is 4.79 Å². The second kappa shape index (κ2) is 12.7. The Hall–Kier alpha value is -3.91. The number of rotatable bonds is 11. The molecule has 0 atom stereocenters. The fourth-order valence-corrected chi connectivity index (χ4v) is 9.77. The summed E-state index contributed by atoms with van der Waals surface area (Å²) in [7, 11) is -2.21. The van der Waals surface area contributed by atoms with Crippen LogP contribution < -0.4 is 21.2 Å². The van der Waals surface area contributed by atoms with Gasteiger partial charge in [0.1, 0.15) is 0 Å². The van der Waals surface area contributed by atoms with E-state index in [0.29, 0.717) is 17.8 Å². The number of azide groups is 1. The van der Waals surface area contributed by atoms with E-state index in [4.69, 9.17) is 5.53 Å². The quantitative estimate of drug-likeness (QED) is 0.0799. The summed E-state index contributed by atoms with van der Waals surface area (Å²) in [6.07, 6.45) is 4.46. The molecular formula is C30H31N4OP. The molecule has 0 saturated heterocycles. The van der Waals surface area contributed by atoms with Gasteiger partial charge < -0.3 is 0 Å². The Morgan fingerprint density at radius 3 is 1.67 bits per heavy atom. The van der Waals surface area contributed by atoms with Gasteiger partial charge in [-0.05, 0) is 5.53 Å². The third-order valence-corrected chi connectivity index (χ3v) is 11.6. The van der Waals surface area contributed by atoms with Gasteiger partial charge in [-0.25, -0.2) is 0 Å². The second-order valence-electron chi connectivity index (χ2n) is 8.85. The first-order valence-electron chi connectivity index (χ1n) is 12.3. The Morgan fingerprint density at radius 2 is 1.19 bits per heavy atom. The Balaban J connectivity index is 1.44. The molecule has 4 aromatic rings. The van der Waals surface area contributed by atoms with Crippen molar-refractivity contribution in [2.75, 3.05) is 11.5 Å². The zero-order valence-corrected chi connectivity index (χ0v) is 21.3. The number of anilines is 1.